The molecule has 0 aromatic rings. The summed E-state index contributed by atoms with van der Waals surface area (Å²) in [7, 11) is 0. The van der Waals surface area contributed by atoms with Crippen LogP contribution in [0.4, 0.5) is 0 Å². The smallest absolute Gasteiger partial charge is 0.233 e. The molecule has 0 saturated heterocycles. The van der Waals surface area contributed by atoms with E-state index < -0.39 is 0 Å². The summed E-state index contributed by atoms with van der Waals surface area (Å²) in [6.45, 7) is 4.06. The number of thiol groups is 1. The van der Waals surface area contributed by atoms with Gasteiger partial charge in [-0.1, -0.05) is 20.3 Å². The molecule has 0 heterocycles. The first kappa shape index (κ1) is 14.2. The normalized spacial score (nSPS) is 27.8. The monoisotopic (exact) mass is 261 g/mol. The van der Waals surface area contributed by atoms with Gasteiger partial charge in [-0.25, -0.2) is 0 Å². The molecule has 16 heavy (non-hydrogen) atoms. The van der Waals surface area contributed by atoms with E-state index in [0.717, 1.165) is 18.1 Å². The lowest BCUT2D eigenvalue weighted by Crippen LogP contribution is -2.43. The van der Waals surface area contributed by atoms with Crippen molar-refractivity contribution in [2.45, 2.75) is 56.1 Å². The van der Waals surface area contributed by atoms with E-state index in [-0.39, 0.29) is 11.2 Å². The Kier molecular flexibility index (Phi) is 6.05. The summed E-state index contributed by atoms with van der Waals surface area (Å²) in [6, 6.07) is 0.368. The second-order valence-corrected chi connectivity index (χ2v) is 6.61. The van der Waals surface area contributed by atoms with Gasteiger partial charge in [0.1, 0.15) is 0 Å². The SMILES string of the molecule is CSC1CCCC(NC(=O)C(S)C(C)C)C1. The van der Waals surface area contributed by atoms with Gasteiger partial charge >= 0.3 is 0 Å². The number of rotatable bonds is 4. The Morgan fingerprint density at radius 2 is 2.12 bits per heavy atom. The topological polar surface area (TPSA) is 29.1 Å². The molecular formula is C12H23NOS2. The molecule has 1 aliphatic rings. The second-order valence-electron chi connectivity index (χ2n) is 4.92. The Hall–Kier alpha value is 0.170. The molecule has 1 fully saturated rings. The molecule has 1 amide bonds. The van der Waals surface area contributed by atoms with Crippen molar-refractivity contribution in [3.8, 4) is 0 Å². The van der Waals surface area contributed by atoms with Gasteiger partial charge in [-0.05, 0) is 31.4 Å². The Bertz CT molecular complexity index is 233. The van der Waals surface area contributed by atoms with Gasteiger partial charge in [-0.3, -0.25) is 4.79 Å². The van der Waals surface area contributed by atoms with Crippen LogP contribution in [0.5, 0.6) is 0 Å². The summed E-state index contributed by atoms with van der Waals surface area (Å²) >= 11 is 6.27. The van der Waals surface area contributed by atoms with Crippen LogP contribution in [0.1, 0.15) is 39.5 Å². The average molecular weight is 261 g/mol. The molecule has 3 atom stereocenters. The molecular weight excluding hydrogens is 238 g/mol. The third-order valence-electron chi connectivity index (χ3n) is 3.21. The van der Waals surface area contributed by atoms with Crippen LogP contribution in [0.25, 0.3) is 0 Å². The van der Waals surface area contributed by atoms with E-state index in [4.69, 9.17) is 0 Å². The molecule has 1 aliphatic carbocycles. The molecule has 2 nitrogen and oxygen atoms in total. The molecule has 0 aromatic carbocycles. The number of thioether (sulfide) groups is 1. The van der Waals surface area contributed by atoms with Crippen LogP contribution in [0, 0.1) is 5.92 Å². The van der Waals surface area contributed by atoms with Crippen molar-refractivity contribution in [2.24, 2.45) is 5.92 Å². The molecule has 1 rings (SSSR count). The van der Waals surface area contributed by atoms with Crippen LogP contribution >= 0.6 is 24.4 Å². The average Bonchev–Trinajstić information content (AvgIpc) is 2.28. The van der Waals surface area contributed by atoms with E-state index in [0.29, 0.717) is 12.0 Å². The maximum Gasteiger partial charge on any atom is 0.233 e. The van der Waals surface area contributed by atoms with Gasteiger partial charge in [-0.15, -0.1) is 0 Å². The summed E-state index contributed by atoms with van der Waals surface area (Å²) < 4.78 is 0. The highest BCUT2D eigenvalue weighted by Gasteiger charge is 2.25. The number of carbonyl (C=O) groups excluding carboxylic acids is 1. The van der Waals surface area contributed by atoms with Crippen molar-refractivity contribution in [3.05, 3.63) is 0 Å². The fraction of sp³-hybridized carbons (Fsp3) is 0.917. The van der Waals surface area contributed by atoms with Gasteiger partial charge in [0.25, 0.3) is 0 Å². The molecule has 0 bridgehead atoms. The van der Waals surface area contributed by atoms with Gasteiger partial charge in [0.05, 0.1) is 5.25 Å². The summed E-state index contributed by atoms with van der Waals surface area (Å²) in [5.74, 6) is 0.397. The number of nitrogens with one attached hydrogen (secondary N) is 1. The van der Waals surface area contributed by atoms with Crippen molar-refractivity contribution in [2.75, 3.05) is 6.26 Å². The van der Waals surface area contributed by atoms with Gasteiger partial charge < -0.3 is 5.32 Å². The Morgan fingerprint density at radius 1 is 1.44 bits per heavy atom. The van der Waals surface area contributed by atoms with E-state index in [1.54, 1.807) is 0 Å². The lowest BCUT2D eigenvalue weighted by molar-refractivity contribution is -0.122. The first-order valence-electron chi connectivity index (χ1n) is 6.05. The van der Waals surface area contributed by atoms with E-state index in [1.807, 2.05) is 25.6 Å². The minimum absolute atomic E-state index is 0.102. The van der Waals surface area contributed by atoms with E-state index in [1.165, 1.54) is 12.8 Å². The lowest BCUT2D eigenvalue weighted by atomic mass is 9.94. The number of hydrogen-bond donors (Lipinski definition) is 2. The largest absolute Gasteiger partial charge is 0.352 e. The van der Waals surface area contributed by atoms with Crippen LogP contribution in [0.15, 0.2) is 0 Å². The highest BCUT2D eigenvalue weighted by atomic mass is 32.2. The Morgan fingerprint density at radius 3 is 2.69 bits per heavy atom. The van der Waals surface area contributed by atoms with Gasteiger partial charge in [-0.2, -0.15) is 24.4 Å². The summed E-state index contributed by atoms with van der Waals surface area (Å²) in [4.78, 5) is 11.9. The number of hydrogen-bond acceptors (Lipinski definition) is 3. The summed E-state index contributed by atoms with van der Waals surface area (Å²) in [5, 5.41) is 3.68. The standard InChI is InChI=1S/C12H23NOS2/c1-8(2)11(15)12(14)13-9-5-4-6-10(7-9)16-3/h8-11,15H,4-7H2,1-3H3,(H,13,14). The minimum Gasteiger partial charge on any atom is -0.352 e. The van der Waals surface area contributed by atoms with E-state index in [9.17, 15) is 4.79 Å². The number of amides is 1. The molecule has 0 radical (unpaired) electrons. The highest BCUT2D eigenvalue weighted by molar-refractivity contribution is 7.99. The molecule has 0 aliphatic heterocycles. The first-order valence-corrected chi connectivity index (χ1v) is 7.86. The fourth-order valence-corrected chi connectivity index (χ4v) is 2.98. The second kappa shape index (κ2) is 6.80. The highest BCUT2D eigenvalue weighted by Crippen LogP contribution is 2.27. The van der Waals surface area contributed by atoms with Crippen molar-refractivity contribution < 1.29 is 4.79 Å². The van der Waals surface area contributed by atoms with Crippen LogP contribution in [-0.4, -0.2) is 28.7 Å². The van der Waals surface area contributed by atoms with Crippen LogP contribution in [-0.2, 0) is 4.79 Å². The van der Waals surface area contributed by atoms with E-state index in [2.05, 4.69) is 24.2 Å². The third kappa shape index (κ3) is 4.21. The molecule has 0 spiro atoms. The summed E-state index contributed by atoms with van der Waals surface area (Å²) in [6.07, 6.45) is 6.93. The van der Waals surface area contributed by atoms with Crippen molar-refractivity contribution in [1.29, 1.82) is 0 Å². The van der Waals surface area contributed by atoms with Crippen LogP contribution < -0.4 is 5.32 Å². The van der Waals surface area contributed by atoms with Crippen molar-refractivity contribution in [3.63, 3.8) is 0 Å². The molecule has 3 unspecified atom stereocenters. The van der Waals surface area contributed by atoms with Crippen molar-refractivity contribution in [1.82, 2.24) is 5.32 Å². The van der Waals surface area contributed by atoms with Crippen LogP contribution in [0.2, 0.25) is 0 Å². The lowest BCUT2D eigenvalue weighted by Gasteiger charge is -2.29. The van der Waals surface area contributed by atoms with Gasteiger partial charge in [0.2, 0.25) is 5.91 Å². The zero-order chi connectivity index (χ0) is 12.1. The zero-order valence-corrected chi connectivity index (χ0v) is 12.1. The molecule has 0 aromatic heterocycles. The third-order valence-corrected chi connectivity index (χ3v) is 5.13. The minimum atomic E-state index is -0.172. The Balaban J connectivity index is 2.38. The van der Waals surface area contributed by atoms with Gasteiger partial charge in [0.15, 0.2) is 0 Å². The van der Waals surface area contributed by atoms with Gasteiger partial charge in [0, 0.05) is 11.3 Å². The van der Waals surface area contributed by atoms with Crippen LogP contribution in [0.3, 0.4) is 0 Å². The maximum absolute atomic E-state index is 11.9. The van der Waals surface area contributed by atoms with E-state index >= 15 is 0 Å². The predicted molar refractivity (Wildman–Crippen MR) is 75.3 cm³/mol. The maximum atomic E-state index is 11.9. The first-order chi connectivity index (χ1) is 7.54. The quantitative estimate of drug-likeness (QED) is 0.762. The number of carbonyl (C=O) groups is 1. The van der Waals surface area contributed by atoms with Crippen molar-refractivity contribution >= 4 is 30.3 Å². The summed E-state index contributed by atoms with van der Waals surface area (Å²) in [5.41, 5.74) is 0. The Labute approximate surface area is 109 Å². The predicted octanol–water partition coefficient (Wildman–Crippen LogP) is 2.73. The molecule has 1 N–H and O–H groups in total. The molecule has 94 valence electrons. The molecule has 4 heteroatoms. The fourth-order valence-electron chi connectivity index (χ4n) is 2.08. The molecule has 1 saturated carbocycles. The zero-order valence-electron chi connectivity index (χ0n) is 10.4.